The first-order valence-corrected chi connectivity index (χ1v) is 8.08. The number of fused-ring (bicyclic) bond motifs is 2. The molecule has 0 amide bonds. The van der Waals surface area contributed by atoms with Gasteiger partial charge in [0.15, 0.2) is 11.6 Å². The van der Waals surface area contributed by atoms with Crippen molar-refractivity contribution >= 4 is 11.6 Å². The van der Waals surface area contributed by atoms with E-state index in [0.717, 1.165) is 19.4 Å². The summed E-state index contributed by atoms with van der Waals surface area (Å²) in [6.45, 7) is 5.65. The number of carbonyl (C=O) groups excluding carboxylic acids is 2. The Morgan fingerprint density at radius 3 is 2.65 bits per heavy atom. The molecule has 3 aliphatic heterocycles. The van der Waals surface area contributed by atoms with Gasteiger partial charge in [0, 0.05) is 6.04 Å². The fraction of sp³-hybridized carbons (Fsp3) is 0.556. The highest BCUT2D eigenvalue weighted by atomic mass is 16.3. The average Bonchev–Trinajstić information content (AvgIpc) is 2.98. The standard InChI is InChI=1S/C18H23NO4/c1-4-5-6-8-11(20)13-14-18(3,23)16(22)17(2,15(13)21)12-9-7-10-19(12)14/h4-6,8,12,14,20,23H,7,9-10H2,1-3H3/b5-4+,8-6+,13-11-/t12-,14+,17-,18+/m1/s1. The van der Waals surface area contributed by atoms with Crippen LogP contribution in [-0.4, -0.2) is 50.9 Å². The Morgan fingerprint density at radius 1 is 1.30 bits per heavy atom. The second kappa shape index (κ2) is 5.14. The molecule has 4 fully saturated rings. The Morgan fingerprint density at radius 2 is 2.00 bits per heavy atom. The average molecular weight is 317 g/mol. The van der Waals surface area contributed by atoms with E-state index in [4.69, 9.17) is 0 Å². The van der Waals surface area contributed by atoms with E-state index in [-0.39, 0.29) is 23.2 Å². The third-order valence-corrected chi connectivity index (χ3v) is 5.58. The van der Waals surface area contributed by atoms with Crippen LogP contribution in [0.3, 0.4) is 0 Å². The van der Waals surface area contributed by atoms with Gasteiger partial charge in [-0.05, 0) is 46.2 Å². The number of allylic oxidation sites excluding steroid dienone is 4. The highest BCUT2D eigenvalue weighted by Crippen LogP contribution is 2.54. The summed E-state index contributed by atoms with van der Waals surface area (Å²) >= 11 is 0. The molecule has 0 unspecified atom stereocenters. The molecule has 1 saturated carbocycles. The molecule has 0 spiro atoms. The topological polar surface area (TPSA) is 77.8 Å². The molecule has 23 heavy (non-hydrogen) atoms. The summed E-state index contributed by atoms with van der Waals surface area (Å²) in [7, 11) is 0. The molecule has 3 heterocycles. The van der Waals surface area contributed by atoms with Crippen LogP contribution in [0.2, 0.25) is 0 Å². The van der Waals surface area contributed by atoms with E-state index in [1.807, 2.05) is 11.8 Å². The Balaban J connectivity index is 2.19. The smallest absolute Gasteiger partial charge is 0.181 e. The Hall–Kier alpha value is -1.72. The largest absolute Gasteiger partial charge is 0.507 e. The maximum atomic E-state index is 13.0. The van der Waals surface area contributed by atoms with Crippen LogP contribution < -0.4 is 0 Å². The number of hydrogen-bond acceptors (Lipinski definition) is 5. The van der Waals surface area contributed by atoms with Crippen molar-refractivity contribution in [3.63, 3.8) is 0 Å². The molecular weight excluding hydrogens is 294 g/mol. The zero-order valence-corrected chi connectivity index (χ0v) is 13.7. The van der Waals surface area contributed by atoms with Crippen molar-refractivity contribution in [3.05, 3.63) is 35.6 Å². The van der Waals surface area contributed by atoms with E-state index >= 15 is 0 Å². The van der Waals surface area contributed by atoms with Gasteiger partial charge in [0.05, 0.1) is 11.6 Å². The summed E-state index contributed by atoms with van der Waals surface area (Å²) in [5, 5.41) is 21.3. The van der Waals surface area contributed by atoms with Crippen LogP contribution in [0.1, 0.15) is 33.6 Å². The molecule has 4 atom stereocenters. The van der Waals surface area contributed by atoms with Gasteiger partial charge < -0.3 is 10.2 Å². The van der Waals surface area contributed by atoms with Gasteiger partial charge in [-0.1, -0.05) is 18.2 Å². The first-order valence-electron chi connectivity index (χ1n) is 8.08. The first-order chi connectivity index (χ1) is 10.8. The van der Waals surface area contributed by atoms with E-state index in [1.54, 1.807) is 25.2 Å². The van der Waals surface area contributed by atoms with Crippen LogP contribution in [0.5, 0.6) is 0 Å². The second-order valence-electron chi connectivity index (χ2n) is 6.99. The fourth-order valence-electron chi connectivity index (χ4n) is 4.55. The summed E-state index contributed by atoms with van der Waals surface area (Å²) in [6.07, 6.45) is 8.28. The van der Waals surface area contributed by atoms with E-state index in [0.29, 0.717) is 0 Å². The highest BCUT2D eigenvalue weighted by Gasteiger charge is 2.71. The van der Waals surface area contributed by atoms with Gasteiger partial charge in [0.2, 0.25) is 0 Å². The number of ketones is 2. The number of aliphatic hydroxyl groups excluding tert-OH is 1. The first kappa shape index (κ1) is 16.1. The Kier molecular flexibility index (Phi) is 3.61. The van der Waals surface area contributed by atoms with Crippen LogP contribution in [0.15, 0.2) is 35.6 Å². The van der Waals surface area contributed by atoms with Gasteiger partial charge in [0.25, 0.3) is 0 Å². The number of Topliss-reactive ketones (excluding diaryl/α,β-unsaturated/α-hetero) is 2. The molecule has 124 valence electrons. The van der Waals surface area contributed by atoms with E-state index in [1.165, 1.54) is 13.0 Å². The lowest BCUT2D eigenvalue weighted by molar-refractivity contribution is -0.180. The molecule has 0 aromatic rings. The van der Waals surface area contributed by atoms with Crippen molar-refractivity contribution in [2.75, 3.05) is 6.54 Å². The molecule has 0 radical (unpaired) electrons. The number of aliphatic hydroxyl groups is 2. The molecule has 5 nitrogen and oxygen atoms in total. The number of rotatable bonds is 2. The third-order valence-electron chi connectivity index (χ3n) is 5.58. The number of nitrogens with zero attached hydrogens (tertiary/aromatic N) is 1. The van der Waals surface area contributed by atoms with Gasteiger partial charge in [-0.15, -0.1) is 0 Å². The lowest BCUT2D eigenvalue weighted by Gasteiger charge is -2.58. The van der Waals surface area contributed by atoms with Gasteiger partial charge >= 0.3 is 0 Å². The van der Waals surface area contributed by atoms with E-state index in [9.17, 15) is 19.8 Å². The molecule has 3 saturated heterocycles. The summed E-state index contributed by atoms with van der Waals surface area (Å²) in [6, 6.07) is -0.948. The second-order valence-corrected chi connectivity index (χ2v) is 6.99. The van der Waals surface area contributed by atoms with Crippen molar-refractivity contribution < 1.29 is 19.8 Å². The lowest BCUT2D eigenvalue weighted by Crippen LogP contribution is -2.77. The monoisotopic (exact) mass is 317 g/mol. The molecule has 2 bridgehead atoms. The minimum Gasteiger partial charge on any atom is -0.507 e. The molecular formula is C18H23NO4. The van der Waals surface area contributed by atoms with E-state index < -0.39 is 22.8 Å². The summed E-state index contributed by atoms with van der Waals surface area (Å²) < 4.78 is 0. The molecule has 4 aliphatic rings. The van der Waals surface area contributed by atoms with Gasteiger partial charge in [-0.2, -0.15) is 0 Å². The van der Waals surface area contributed by atoms with Crippen molar-refractivity contribution in [1.82, 2.24) is 4.90 Å². The summed E-state index contributed by atoms with van der Waals surface area (Å²) in [5.41, 5.74) is -2.79. The lowest BCUT2D eigenvalue weighted by atomic mass is 9.55. The third kappa shape index (κ3) is 1.93. The molecule has 5 heteroatoms. The Bertz CT molecular complexity index is 658. The maximum Gasteiger partial charge on any atom is 0.181 e. The van der Waals surface area contributed by atoms with Crippen LogP contribution in [0, 0.1) is 5.41 Å². The Labute approximate surface area is 136 Å². The summed E-state index contributed by atoms with van der Waals surface area (Å²) in [5.74, 6) is -0.926. The zero-order valence-electron chi connectivity index (χ0n) is 13.7. The predicted octanol–water partition coefficient (Wildman–Crippen LogP) is 1.69. The fourth-order valence-corrected chi connectivity index (χ4v) is 4.55. The zero-order chi connectivity index (χ0) is 17.0. The van der Waals surface area contributed by atoms with Crippen LogP contribution in [0.4, 0.5) is 0 Å². The molecule has 2 N–H and O–H groups in total. The SMILES string of the molecule is C/C=C/C=C/C(O)=C1/C(=O)[C@]2(C)C(=O)[C@@](C)(O)[C@H]1N1CCC[C@@H]12. The van der Waals surface area contributed by atoms with Crippen molar-refractivity contribution in [3.8, 4) is 0 Å². The molecule has 0 aromatic heterocycles. The van der Waals surface area contributed by atoms with Gasteiger partial charge in [-0.3, -0.25) is 14.5 Å². The minimum atomic E-state index is -1.67. The number of carbonyl (C=O) groups is 2. The van der Waals surface area contributed by atoms with Gasteiger partial charge in [-0.25, -0.2) is 0 Å². The predicted molar refractivity (Wildman–Crippen MR) is 85.9 cm³/mol. The van der Waals surface area contributed by atoms with Crippen molar-refractivity contribution in [1.29, 1.82) is 0 Å². The highest BCUT2D eigenvalue weighted by molar-refractivity contribution is 6.22. The summed E-state index contributed by atoms with van der Waals surface area (Å²) in [4.78, 5) is 27.8. The molecule has 0 aromatic carbocycles. The molecule has 4 rings (SSSR count). The number of piperidine rings is 2. The van der Waals surface area contributed by atoms with Crippen molar-refractivity contribution in [2.24, 2.45) is 5.41 Å². The normalized spacial score (nSPS) is 43.0. The van der Waals surface area contributed by atoms with Crippen LogP contribution in [-0.2, 0) is 9.59 Å². The van der Waals surface area contributed by atoms with Crippen molar-refractivity contribution in [2.45, 2.75) is 51.3 Å². The van der Waals surface area contributed by atoms with Gasteiger partial charge in [0.1, 0.15) is 16.8 Å². The minimum absolute atomic E-state index is 0.163. The quantitative estimate of drug-likeness (QED) is 0.351. The number of hydrogen-bond donors (Lipinski definition) is 2. The van der Waals surface area contributed by atoms with Crippen LogP contribution >= 0.6 is 0 Å². The van der Waals surface area contributed by atoms with Crippen LogP contribution in [0.25, 0.3) is 0 Å². The van der Waals surface area contributed by atoms with E-state index in [2.05, 4.69) is 0 Å². The maximum absolute atomic E-state index is 13.0. The molecule has 1 aliphatic carbocycles.